The fourth-order valence-corrected chi connectivity index (χ4v) is 1.69. The summed E-state index contributed by atoms with van der Waals surface area (Å²) in [7, 11) is 1.32. The molecule has 0 spiro atoms. The zero-order valence-electron chi connectivity index (χ0n) is 10.8. The summed E-state index contributed by atoms with van der Waals surface area (Å²) in [6, 6.07) is 9.17. The highest BCUT2D eigenvalue weighted by Gasteiger charge is 2.10. The average Bonchev–Trinajstić information content (AvgIpc) is 2.41. The van der Waals surface area contributed by atoms with Crippen LogP contribution in [0.25, 0.3) is 12.2 Å². The predicted octanol–water partition coefficient (Wildman–Crippen LogP) is 2.91. The lowest BCUT2D eigenvalue weighted by Crippen LogP contribution is -1.93. The maximum Gasteiger partial charge on any atom is 0.214 e. The molecule has 0 aliphatic carbocycles. The molecule has 2 rings (SSSR count). The summed E-state index contributed by atoms with van der Waals surface area (Å²) < 4.78 is 0. The van der Waals surface area contributed by atoms with Gasteiger partial charge in [-0.15, -0.1) is 0 Å². The van der Waals surface area contributed by atoms with Crippen LogP contribution in [-0.2, 0) is 4.89 Å². The summed E-state index contributed by atoms with van der Waals surface area (Å²) in [5, 5.41) is 28.4. The van der Waals surface area contributed by atoms with Crippen LogP contribution in [0.5, 0.6) is 23.0 Å². The van der Waals surface area contributed by atoms with Gasteiger partial charge in [0.05, 0.1) is 7.11 Å². The van der Waals surface area contributed by atoms with Crippen LogP contribution in [0, 0.1) is 0 Å². The summed E-state index contributed by atoms with van der Waals surface area (Å²) in [6.45, 7) is 0. The Kier molecular flexibility index (Phi) is 4.12. The van der Waals surface area contributed by atoms with Crippen LogP contribution < -0.4 is 4.89 Å². The first-order valence-electron chi connectivity index (χ1n) is 5.84. The van der Waals surface area contributed by atoms with Crippen molar-refractivity contribution in [2.45, 2.75) is 0 Å². The zero-order chi connectivity index (χ0) is 14.5. The van der Waals surface area contributed by atoms with E-state index in [-0.39, 0.29) is 23.0 Å². The number of phenolic OH excluding ortho intramolecular Hbond substituents is 3. The number of aromatic hydroxyl groups is 3. The van der Waals surface area contributed by atoms with Crippen molar-refractivity contribution in [3.8, 4) is 23.0 Å². The molecule has 0 fully saturated rings. The van der Waals surface area contributed by atoms with Crippen LogP contribution >= 0.6 is 0 Å². The first-order chi connectivity index (χ1) is 9.60. The smallest absolute Gasteiger partial charge is 0.214 e. The Morgan fingerprint density at radius 3 is 2.25 bits per heavy atom. The van der Waals surface area contributed by atoms with Gasteiger partial charge in [-0.05, 0) is 23.8 Å². The molecule has 0 amide bonds. The van der Waals surface area contributed by atoms with Crippen molar-refractivity contribution in [3.05, 3.63) is 47.5 Å². The van der Waals surface area contributed by atoms with E-state index < -0.39 is 0 Å². The number of phenols is 3. The van der Waals surface area contributed by atoms with Crippen molar-refractivity contribution in [3.63, 3.8) is 0 Å². The number of hydrogen-bond donors (Lipinski definition) is 3. The summed E-state index contributed by atoms with van der Waals surface area (Å²) in [4.78, 5) is 9.43. The monoisotopic (exact) mass is 274 g/mol. The maximum absolute atomic E-state index is 9.70. The van der Waals surface area contributed by atoms with E-state index >= 15 is 0 Å². The van der Waals surface area contributed by atoms with Gasteiger partial charge in [0.25, 0.3) is 0 Å². The van der Waals surface area contributed by atoms with Crippen LogP contribution in [0.2, 0.25) is 0 Å². The second-order valence-corrected chi connectivity index (χ2v) is 4.06. The molecule has 0 aromatic heterocycles. The van der Waals surface area contributed by atoms with Crippen molar-refractivity contribution in [2.75, 3.05) is 7.11 Å². The lowest BCUT2D eigenvalue weighted by Gasteiger charge is -2.08. The molecule has 0 aliphatic heterocycles. The molecule has 0 unspecified atom stereocenters. The minimum atomic E-state index is -0.225. The quantitative estimate of drug-likeness (QED) is 0.454. The Bertz CT molecular complexity index is 617. The minimum Gasteiger partial charge on any atom is -0.508 e. The largest absolute Gasteiger partial charge is 0.508 e. The molecule has 0 saturated heterocycles. The Balaban J connectivity index is 2.34. The van der Waals surface area contributed by atoms with Crippen LogP contribution in [0.4, 0.5) is 0 Å². The van der Waals surface area contributed by atoms with Gasteiger partial charge in [0.1, 0.15) is 11.5 Å². The molecule has 0 heterocycles. The summed E-state index contributed by atoms with van der Waals surface area (Å²) in [5.41, 5.74) is 1.30. The normalized spacial score (nSPS) is 10.8. The third kappa shape index (κ3) is 3.21. The summed E-state index contributed by atoms with van der Waals surface area (Å²) in [5.74, 6) is -0.0191. The lowest BCUT2D eigenvalue weighted by molar-refractivity contribution is -0.179. The molecule has 104 valence electrons. The molecule has 2 aromatic carbocycles. The van der Waals surface area contributed by atoms with Gasteiger partial charge in [-0.25, -0.2) is 0 Å². The first-order valence-corrected chi connectivity index (χ1v) is 5.84. The third-order valence-electron chi connectivity index (χ3n) is 2.60. The molecule has 0 aliphatic rings. The van der Waals surface area contributed by atoms with E-state index in [2.05, 4.69) is 4.89 Å². The molecule has 20 heavy (non-hydrogen) atoms. The van der Waals surface area contributed by atoms with Gasteiger partial charge in [-0.1, -0.05) is 24.3 Å². The van der Waals surface area contributed by atoms with E-state index in [1.807, 2.05) is 0 Å². The molecule has 0 bridgehead atoms. The number of hydrogen-bond acceptors (Lipinski definition) is 5. The van der Waals surface area contributed by atoms with Crippen molar-refractivity contribution in [2.24, 2.45) is 0 Å². The molecular weight excluding hydrogens is 260 g/mol. The standard InChI is InChI=1S/C15H14O5/c1-19-20-15-11(8-13(17)9-14(15)18)5-2-10-3-6-12(16)7-4-10/h2-9,16-18H,1H3. The van der Waals surface area contributed by atoms with E-state index in [9.17, 15) is 15.3 Å². The highest BCUT2D eigenvalue weighted by Crippen LogP contribution is 2.35. The first kappa shape index (κ1) is 13.8. The van der Waals surface area contributed by atoms with Crippen LogP contribution in [0.1, 0.15) is 11.1 Å². The second-order valence-electron chi connectivity index (χ2n) is 4.06. The van der Waals surface area contributed by atoms with Crippen molar-refractivity contribution in [1.29, 1.82) is 0 Å². The molecule has 0 radical (unpaired) electrons. The molecular formula is C15H14O5. The average molecular weight is 274 g/mol. The Hall–Kier alpha value is -2.66. The van der Waals surface area contributed by atoms with E-state index in [4.69, 9.17) is 4.89 Å². The fraction of sp³-hybridized carbons (Fsp3) is 0.0667. The molecule has 3 N–H and O–H groups in total. The molecule has 0 saturated carbocycles. The van der Waals surface area contributed by atoms with Crippen LogP contribution in [0.3, 0.4) is 0 Å². The Labute approximate surface area is 115 Å². The van der Waals surface area contributed by atoms with Gasteiger partial charge in [0, 0.05) is 11.6 Å². The molecule has 0 atom stereocenters. The highest BCUT2D eigenvalue weighted by molar-refractivity contribution is 5.75. The lowest BCUT2D eigenvalue weighted by atomic mass is 10.1. The number of benzene rings is 2. The van der Waals surface area contributed by atoms with Gasteiger partial charge in [0.15, 0.2) is 5.75 Å². The van der Waals surface area contributed by atoms with Crippen LogP contribution in [-0.4, -0.2) is 22.4 Å². The topological polar surface area (TPSA) is 79.2 Å². The van der Waals surface area contributed by atoms with Gasteiger partial charge in [0.2, 0.25) is 5.75 Å². The van der Waals surface area contributed by atoms with Crippen LogP contribution in [0.15, 0.2) is 36.4 Å². The van der Waals surface area contributed by atoms with E-state index in [1.54, 1.807) is 36.4 Å². The Morgan fingerprint density at radius 1 is 0.900 bits per heavy atom. The van der Waals surface area contributed by atoms with Gasteiger partial charge in [-0.2, -0.15) is 4.89 Å². The second kappa shape index (κ2) is 5.99. The molecule has 2 aromatic rings. The van der Waals surface area contributed by atoms with E-state index in [1.165, 1.54) is 13.2 Å². The van der Waals surface area contributed by atoms with Crippen molar-refractivity contribution in [1.82, 2.24) is 0 Å². The zero-order valence-corrected chi connectivity index (χ0v) is 10.8. The predicted molar refractivity (Wildman–Crippen MR) is 74.4 cm³/mol. The fourth-order valence-electron chi connectivity index (χ4n) is 1.69. The third-order valence-corrected chi connectivity index (χ3v) is 2.60. The number of rotatable bonds is 4. The highest BCUT2D eigenvalue weighted by atomic mass is 17.2. The molecule has 5 nitrogen and oxygen atoms in total. The minimum absolute atomic E-state index is 0.0868. The van der Waals surface area contributed by atoms with Gasteiger partial charge >= 0.3 is 0 Å². The maximum atomic E-state index is 9.70. The van der Waals surface area contributed by atoms with E-state index in [0.717, 1.165) is 11.6 Å². The van der Waals surface area contributed by atoms with Gasteiger partial charge in [-0.3, -0.25) is 0 Å². The SMILES string of the molecule is COOc1c(O)cc(O)cc1C=Cc1ccc(O)cc1. The van der Waals surface area contributed by atoms with E-state index in [0.29, 0.717) is 5.56 Å². The van der Waals surface area contributed by atoms with Crippen molar-refractivity contribution < 1.29 is 25.1 Å². The molecule has 5 heteroatoms. The summed E-state index contributed by atoms with van der Waals surface area (Å²) in [6.07, 6.45) is 3.40. The summed E-state index contributed by atoms with van der Waals surface area (Å²) >= 11 is 0. The Morgan fingerprint density at radius 2 is 1.60 bits per heavy atom. The van der Waals surface area contributed by atoms with Gasteiger partial charge < -0.3 is 20.2 Å². The van der Waals surface area contributed by atoms with Crippen molar-refractivity contribution >= 4 is 12.2 Å².